The Kier molecular flexibility index (Phi) is 7.04. The average Bonchev–Trinajstić information content (AvgIpc) is 2.64. The van der Waals surface area contributed by atoms with Gasteiger partial charge in [-0.3, -0.25) is 4.79 Å². The molecule has 0 radical (unpaired) electrons. The molecule has 140 valence electrons. The standard InChI is InChI=1S/C18H25FN2O3.ClH/c19-14-1-3-15(4-2-14)24-16-5-9-21(10-6-16)17(22)18(13-20)7-11-23-12-8-18;/h1-4,16H,5-13,20H2;1H. The lowest BCUT2D eigenvalue weighted by Gasteiger charge is -2.41. The van der Waals surface area contributed by atoms with Gasteiger partial charge in [-0.15, -0.1) is 12.4 Å². The van der Waals surface area contributed by atoms with E-state index in [2.05, 4.69) is 0 Å². The molecule has 7 heteroatoms. The van der Waals surface area contributed by atoms with Gasteiger partial charge in [0, 0.05) is 45.7 Å². The fourth-order valence-electron chi connectivity index (χ4n) is 3.49. The Labute approximate surface area is 154 Å². The number of amides is 1. The average molecular weight is 373 g/mol. The van der Waals surface area contributed by atoms with Gasteiger partial charge in [0.15, 0.2) is 0 Å². The number of nitrogens with zero attached hydrogens (tertiary/aromatic N) is 1. The molecule has 2 aliphatic rings. The molecule has 2 aliphatic heterocycles. The lowest BCUT2D eigenvalue weighted by Crippen LogP contribution is -2.53. The van der Waals surface area contributed by atoms with Crippen molar-refractivity contribution in [2.24, 2.45) is 11.1 Å². The molecular weight excluding hydrogens is 347 g/mol. The summed E-state index contributed by atoms with van der Waals surface area (Å²) in [6.45, 7) is 2.93. The van der Waals surface area contributed by atoms with Crippen molar-refractivity contribution < 1.29 is 18.7 Å². The highest BCUT2D eigenvalue weighted by Gasteiger charge is 2.42. The number of likely N-dealkylation sites (tertiary alicyclic amines) is 1. The van der Waals surface area contributed by atoms with E-state index in [0.717, 1.165) is 12.8 Å². The van der Waals surface area contributed by atoms with Gasteiger partial charge in [-0.1, -0.05) is 0 Å². The van der Waals surface area contributed by atoms with Gasteiger partial charge in [0.25, 0.3) is 0 Å². The first kappa shape index (κ1) is 19.9. The van der Waals surface area contributed by atoms with E-state index < -0.39 is 5.41 Å². The third kappa shape index (κ3) is 4.63. The zero-order chi connectivity index (χ0) is 17.0. The highest BCUT2D eigenvalue weighted by molar-refractivity contribution is 5.85. The molecule has 0 saturated carbocycles. The number of ether oxygens (including phenoxy) is 2. The summed E-state index contributed by atoms with van der Waals surface area (Å²) in [6.07, 6.45) is 3.02. The van der Waals surface area contributed by atoms with Crippen LogP contribution < -0.4 is 10.5 Å². The zero-order valence-electron chi connectivity index (χ0n) is 14.3. The molecule has 1 aromatic carbocycles. The van der Waals surface area contributed by atoms with Gasteiger partial charge in [-0.2, -0.15) is 0 Å². The minimum atomic E-state index is -0.455. The Morgan fingerprint density at radius 1 is 1.24 bits per heavy atom. The third-order valence-electron chi connectivity index (χ3n) is 5.14. The molecule has 0 atom stereocenters. The van der Waals surface area contributed by atoms with Gasteiger partial charge < -0.3 is 20.1 Å². The number of hydrogen-bond donors (Lipinski definition) is 1. The summed E-state index contributed by atoms with van der Waals surface area (Å²) in [5, 5.41) is 0. The monoisotopic (exact) mass is 372 g/mol. The molecule has 2 fully saturated rings. The highest BCUT2D eigenvalue weighted by atomic mass is 35.5. The molecule has 1 amide bonds. The number of halogens is 2. The van der Waals surface area contributed by atoms with Crippen LogP contribution in [-0.4, -0.2) is 49.8 Å². The van der Waals surface area contributed by atoms with Gasteiger partial charge >= 0.3 is 0 Å². The van der Waals surface area contributed by atoms with E-state index in [1.807, 2.05) is 4.90 Å². The summed E-state index contributed by atoms with van der Waals surface area (Å²) in [7, 11) is 0. The predicted octanol–water partition coefficient (Wildman–Crippen LogP) is 2.37. The summed E-state index contributed by atoms with van der Waals surface area (Å²) < 4.78 is 24.2. The molecule has 2 heterocycles. The highest BCUT2D eigenvalue weighted by Crippen LogP contribution is 2.33. The van der Waals surface area contributed by atoms with E-state index >= 15 is 0 Å². The van der Waals surface area contributed by atoms with Crippen LogP contribution in [0.2, 0.25) is 0 Å². The van der Waals surface area contributed by atoms with Gasteiger partial charge in [-0.25, -0.2) is 4.39 Å². The maximum atomic E-state index is 12.9. The van der Waals surface area contributed by atoms with Crippen molar-refractivity contribution in [2.45, 2.75) is 31.8 Å². The summed E-state index contributed by atoms with van der Waals surface area (Å²) in [5.74, 6) is 0.559. The first-order valence-electron chi connectivity index (χ1n) is 8.62. The van der Waals surface area contributed by atoms with E-state index in [1.165, 1.54) is 12.1 Å². The number of carbonyl (C=O) groups is 1. The predicted molar refractivity (Wildman–Crippen MR) is 95.4 cm³/mol. The first-order valence-corrected chi connectivity index (χ1v) is 8.62. The largest absolute Gasteiger partial charge is 0.490 e. The minimum absolute atomic E-state index is 0. The molecule has 0 spiro atoms. The van der Waals surface area contributed by atoms with Crippen LogP contribution in [0.25, 0.3) is 0 Å². The summed E-state index contributed by atoms with van der Waals surface area (Å²) in [5.41, 5.74) is 5.47. The summed E-state index contributed by atoms with van der Waals surface area (Å²) in [4.78, 5) is 14.8. The zero-order valence-corrected chi connectivity index (χ0v) is 15.1. The van der Waals surface area contributed by atoms with Crippen molar-refractivity contribution in [1.82, 2.24) is 4.90 Å². The second-order valence-electron chi connectivity index (χ2n) is 6.66. The van der Waals surface area contributed by atoms with Crippen LogP contribution in [0.5, 0.6) is 5.75 Å². The molecule has 0 aliphatic carbocycles. The lowest BCUT2D eigenvalue weighted by atomic mass is 9.78. The minimum Gasteiger partial charge on any atom is -0.490 e. The van der Waals surface area contributed by atoms with E-state index in [-0.39, 0.29) is 30.2 Å². The van der Waals surface area contributed by atoms with Crippen LogP contribution in [0.3, 0.4) is 0 Å². The molecule has 2 N–H and O–H groups in total. The smallest absolute Gasteiger partial charge is 0.230 e. The van der Waals surface area contributed by atoms with E-state index in [1.54, 1.807) is 12.1 Å². The first-order chi connectivity index (χ1) is 11.6. The summed E-state index contributed by atoms with van der Waals surface area (Å²) >= 11 is 0. The van der Waals surface area contributed by atoms with E-state index in [4.69, 9.17) is 15.2 Å². The molecule has 1 aromatic rings. The van der Waals surface area contributed by atoms with Crippen molar-refractivity contribution in [3.8, 4) is 5.75 Å². The molecule has 0 aromatic heterocycles. The van der Waals surface area contributed by atoms with Crippen LogP contribution in [-0.2, 0) is 9.53 Å². The van der Waals surface area contributed by atoms with Gasteiger partial charge in [-0.05, 0) is 37.1 Å². The number of nitrogens with two attached hydrogens (primary N) is 1. The topological polar surface area (TPSA) is 64.8 Å². The van der Waals surface area contributed by atoms with Crippen LogP contribution in [0.15, 0.2) is 24.3 Å². The normalized spacial score (nSPS) is 20.6. The number of piperidine rings is 1. The Morgan fingerprint density at radius 2 is 1.84 bits per heavy atom. The van der Waals surface area contributed by atoms with Crippen molar-refractivity contribution in [3.05, 3.63) is 30.1 Å². The van der Waals surface area contributed by atoms with E-state index in [9.17, 15) is 9.18 Å². The third-order valence-corrected chi connectivity index (χ3v) is 5.14. The van der Waals surface area contributed by atoms with Crippen LogP contribution >= 0.6 is 12.4 Å². The fraction of sp³-hybridized carbons (Fsp3) is 0.611. The van der Waals surface area contributed by atoms with Crippen LogP contribution in [0.1, 0.15) is 25.7 Å². The molecule has 0 bridgehead atoms. The lowest BCUT2D eigenvalue weighted by molar-refractivity contribution is -0.149. The second kappa shape index (κ2) is 8.83. The van der Waals surface area contributed by atoms with Gasteiger partial charge in [0.05, 0.1) is 5.41 Å². The Balaban J connectivity index is 0.00000225. The maximum Gasteiger partial charge on any atom is 0.230 e. The second-order valence-corrected chi connectivity index (χ2v) is 6.66. The van der Waals surface area contributed by atoms with E-state index in [0.29, 0.717) is 51.4 Å². The number of carbonyl (C=O) groups excluding carboxylic acids is 1. The van der Waals surface area contributed by atoms with Gasteiger partial charge in [0.1, 0.15) is 17.7 Å². The van der Waals surface area contributed by atoms with Crippen LogP contribution in [0, 0.1) is 11.2 Å². The van der Waals surface area contributed by atoms with Crippen molar-refractivity contribution in [1.29, 1.82) is 0 Å². The molecule has 25 heavy (non-hydrogen) atoms. The molecule has 2 saturated heterocycles. The number of benzene rings is 1. The molecular formula is C18H26ClFN2O3. The van der Waals surface area contributed by atoms with Gasteiger partial charge in [0.2, 0.25) is 5.91 Å². The molecule has 0 unspecified atom stereocenters. The van der Waals surface area contributed by atoms with Crippen molar-refractivity contribution >= 4 is 18.3 Å². The Hall–Kier alpha value is -1.37. The molecule has 5 nitrogen and oxygen atoms in total. The van der Waals surface area contributed by atoms with Crippen molar-refractivity contribution in [3.63, 3.8) is 0 Å². The van der Waals surface area contributed by atoms with Crippen LogP contribution in [0.4, 0.5) is 4.39 Å². The Morgan fingerprint density at radius 3 is 2.40 bits per heavy atom. The Bertz CT molecular complexity index is 556. The number of hydrogen-bond acceptors (Lipinski definition) is 4. The summed E-state index contributed by atoms with van der Waals surface area (Å²) in [6, 6.07) is 6.06. The van der Waals surface area contributed by atoms with Crippen molar-refractivity contribution in [2.75, 3.05) is 32.8 Å². The fourth-order valence-corrected chi connectivity index (χ4v) is 3.49. The number of rotatable bonds is 4. The molecule has 3 rings (SSSR count). The maximum absolute atomic E-state index is 12.9. The SMILES string of the molecule is Cl.NCC1(C(=O)N2CCC(Oc3ccc(F)cc3)CC2)CCOCC1. The quantitative estimate of drug-likeness (QED) is 0.881.